The molecule has 98 heavy (non-hydrogen) atoms. The predicted octanol–water partition coefficient (Wildman–Crippen LogP) is 25.2. The van der Waals surface area contributed by atoms with Gasteiger partial charge in [-0.15, -0.1) is 0 Å². The van der Waals surface area contributed by atoms with E-state index in [4.69, 9.17) is 9.97 Å². The summed E-state index contributed by atoms with van der Waals surface area (Å²) in [4.78, 5) is 25.9. The van der Waals surface area contributed by atoms with Crippen LogP contribution in [-0.4, -0.2) is 9.97 Å². The third-order valence-corrected chi connectivity index (χ3v) is 18.3. The van der Waals surface area contributed by atoms with Crippen LogP contribution >= 0.6 is 0 Å². The molecule has 0 aliphatic heterocycles. The molecule has 8 nitrogen and oxygen atoms in total. The van der Waals surface area contributed by atoms with Gasteiger partial charge in [-0.25, -0.2) is 9.97 Å². The number of anilines is 18. The maximum atomic E-state index is 6.00. The smallest absolute Gasteiger partial charge is 0.116 e. The first-order valence-corrected chi connectivity index (χ1v) is 33.1. The average Bonchev–Trinajstić information content (AvgIpc) is 1.55. The third-order valence-electron chi connectivity index (χ3n) is 18.3. The molecule has 0 spiro atoms. The fourth-order valence-corrected chi connectivity index (χ4v) is 13.8. The van der Waals surface area contributed by atoms with E-state index in [9.17, 15) is 0 Å². The monoisotopic (exact) mass is 1260 g/mol. The summed E-state index contributed by atoms with van der Waals surface area (Å²) in [5, 5.41) is 2.30. The highest BCUT2D eigenvalue weighted by Crippen LogP contribution is 2.52. The molecule has 0 fully saturated rings. The zero-order chi connectivity index (χ0) is 65.1. The Bertz CT molecular complexity index is 4660. The number of benzene rings is 15. The van der Waals surface area contributed by atoms with Crippen molar-refractivity contribution < 1.29 is 0 Å². The van der Waals surface area contributed by atoms with Crippen LogP contribution in [0.15, 0.2) is 388 Å². The van der Waals surface area contributed by atoms with Gasteiger partial charge in [-0.2, -0.15) is 0 Å². The fraction of sp³-hybridized carbons (Fsp3) is 0. The molecule has 0 radical (unpaired) electrons. The Hall–Kier alpha value is -13.3. The molecule has 464 valence electrons. The first-order chi connectivity index (χ1) is 48.6. The lowest BCUT2D eigenvalue weighted by atomic mass is 10.0. The Labute approximate surface area is 571 Å². The van der Waals surface area contributed by atoms with Crippen molar-refractivity contribution in [1.82, 2.24) is 9.97 Å². The normalized spacial score (nSPS) is 11.3. The molecule has 0 unspecified atom stereocenters. The predicted molar refractivity (Wildman–Crippen MR) is 410 cm³/mol. The van der Waals surface area contributed by atoms with E-state index in [1.807, 2.05) is 0 Å². The second-order valence-electron chi connectivity index (χ2n) is 24.2. The van der Waals surface area contributed by atoms with E-state index in [2.05, 4.69) is 418 Å². The van der Waals surface area contributed by atoms with Gasteiger partial charge in [-0.3, -0.25) is 0 Å². The van der Waals surface area contributed by atoms with Crippen molar-refractivity contribution in [3.05, 3.63) is 388 Å². The fourth-order valence-electron chi connectivity index (χ4n) is 13.8. The lowest BCUT2D eigenvalue weighted by Crippen LogP contribution is -2.16. The number of nitrogens with zero attached hydrogens (tertiary/aromatic N) is 8. The molecule has 0 amide bonds. The summed E-state index contributed by atoms with van der Waals surface area (Å²) in [6.07, 6.45) is 0. The van der Waals surface area contributed by atoms with Gasteiger partial charge in [0, 0.05) is 108 Å². The summed E-state index contributed by atoms with van der Waals surface area (Å²) in [5.74, 6) is 0. The largest absolute Gasteiger partial charge is 0.311 e. The minimum Gasteiger partial charge on any atom is -0.311 e. The lowest BCUT2D eigenvalue weighted by Gasteiger charge is -2.32. The van der Waals surface area contributed by atoms with Crippen molar-refractivity contribution in [2.45, 2.75) is 0 Å². The Morgan fingerprint density at radius 2 is 0.337 bits per heavy atom. The van der Waals surface area contributed by atoms with Crippen LogP contribution in [-0.2, 0) is 0 Å². The van der Waals surface area contributed by atoms with E-state index in [-0.39, 0.29) is 0 Å². The standard InChI is InChI=1S/C90H64N8/c1-9-29-66(30-10-1)93(67-31-11-2-12-32-67)74-47-55-78(56-48-74)97(79-57-49-75(50-58-79)94(68-33-13-3-14-34-68)69-35-15-4-16-36-69)84-63-64-85(90-89(84)91-87-82-45-25-27-65-28-26-46-83(86(65)82)88(87)92-90)98(80-59-51-76(52-60-80)95(70-37-17-5-18-38-70)71-39-19-6-20-40-71)81-61-53-77(54-62-81)96(72-41-21-7-22-42-72)73-43-23-8-24-44-73/h1-64H. The van der Waals surface area contributed by atoms with Crippen molar-refractivity contribution >= 4 is 124 Å². The molecule has 0 atom stereocenters. The van der Waals surface area contributed by atoms with Crippen LogP contribution in [0.5, 0.6) is 0 Å². The van der Waals surface area contributed by atoms with Gasteiger partial charge in [0.25, 0.3) is 0 Å². The molecular weight excluding hydrogens is 1190 g/mol. The van der Waals surface area contributed by atoms with Crippen molar-refractivity contribution in [3.8, 4) is 22.5 Å². The van der Waals surface area contributed by atoms with Crippen LogP contribution in [0.3, 0.4) is 0 Å². The van der Waals surface area contributed by atoms with Crippen LogP contribution in [0.4, 0.5) is 102 Å². The van der Waals surface area contributed by atoms with Gasteiger partial charge in [-0.05, 0) is 212 Å². The summed E-state index contributed by atoms with van der Waals surface area (Å²) in [7, 11) is 0. The van der Waals surface area contributed by atoms with Gasteiger partial charge in [0.1, 0.15) is 11.0 Å². The van der Waals surface area contributed by atoms with E-state index < -0.39 is 0 Å². The molecule has 8 heteroatoms. The van der Waals surface area contributed by atoms with Gasteiger partial charge in [-0.1, -0.05) is 182 Å². The van der Waals surface area contributed by atoms with Crippen LogP contribution in [0.2, 0.25) is 0 Å². The Morgan fingerprint density at radius 3 is 0.541 bits per heavy atom. The first-order valence-electron chi connectivity index (χ1n) is 33.1. The summed E-state index contributed by atoms with van der Waals surface area (Å²) >= 11 is 0. The highest BCUT2D eigenvalue weighted by molar-refractivity contribution is 6.16. The summed E-state index contributed by atoms with van der Waals surface area (Å²) in [5.41, 5.74) is 23.4. The summed E-state index contributed by atoms with van der Waals surface area (Å²) in [6.45, 7) is 0. The zero-order valence-electron chi connectivity index (χ0n) is 53.5. The number of hydrogen-bond acceptors (Lipinski definition) is 8. The second kappa shape index (κ2) is 25.9. The molecule has 1 aromatic heterocycles. The first kappa shape index (κ1) is 58.5. The lowest BCUT2D eigenvalue weighted by molar-refractivity contribution is 1.22. The molecule has 0 saturated heterocycles. The van der Waals surface area contributed by atoms with Crippen molar-refractivity contribution in [2.75, 3.05) is 29.4 Å². The van der Waals surface area contributed by atoms with Crippen LogP contribution in [0.25, 0.3) is 44.3 Å². The highest BCUT2D eigenvalue weighted by Gasteiger charge is 2.30. The SMILES string of the molecule is c1ccc(N(c2ccccc2)c2ccc(N(c3ccc(N(c4ccccc4)c4ccccc4)cc3)c3ccc(N(c4ccc(N(c5ccccc5)c5ccccc5)cc4)c4ccc(N(c5ccccc5)c5ccccc5)cc4)c4nc5c(nc34)-c3cccc4cccc-5c34)cc2)cc1. The topological polar surface area (TPSA) is 45.2 Å². The average molecular weight is 1260 g/mol. The summed E-state index contributed by atoms with van der Waals surface area (Å²) < 4.78 is 0. The van der Waals surface area contributed by atoms with Crippen LogP contribution < -0.4 is 29.4 Å². The third kappa shape index (κ3) is 11.0. The van der Waals surface area contributed by atoms with E-state index in [0.29, 0.717) is 0 Å². The minimum absolute atomic E-state index is 0.738. The Kier molecular flexibility index (Phi) is 15.5. The molecule has 1 aliphatic carbocycles. The molecule has 0 saturated carbocycles. The highest BCUT2D eigenvalue weighted by atomic mass is 15.2. The molecule has 0 bridgehead atoms. The molecular formula is C90H64N8. The van der Waals surface area contributed by atoms with Gasteiger partial charge >= 0.3 is 0 Å². The Balaban J connectivity index is 0.888. The van der Waals surface area contributed by atoms with E-state index in [1.165, 1.54) is 0 Å². The quantitative estimate of drug-likeness (QED) is 0.0842. The molecule has 15 aromatic carbocycles. The van der Waals surface area contributed by atoms with Crippen molar-refractivity contribution in [3.63, 3.8) is 0 Å². The number of aromatic nitrogens is 2. The van der Waals surface area contributed by atoms with Crippen LogP contribution in [0.1, 0.15) is 0 Å². The zero-order valence-corrected chi connectivity index (χ0v) is 53.5. The molecule has 1 aliphatic rings. The van der Waals surface area contributed by atoms with E-state index in [1.54, 1.807) is 0 Å². The van der Waals surface area contributed by atoms with Crippen molar-refractivity contribution in [1.29, 1.82) is 0 Å². The van der Waals surface area contributed by atoms with E-state index in [0.717, 1.165) is 147 Å². The summed E-state index contributed by atoms with van der Waals surface area (Å²) in [6, 6.07) is 138. The number of hydrogen-bond donors (Lipinski definition) is 0. The van der Waals surface area contributed by atoms with Crippen LogP contribution in [0, 0.1) is 0 Å². The number of para-hydroxylation sites is 8. The molecule has 1 heterocycles. The number of fused-ring (bicyclic) bond motifs is 4. The second-order valence-corrected chi connectivity index (χ2v) is 24.2. The van der Waals surface area contributed by atoms with E-state index >= 15 is 0 Å². The van der Waals surface area contributed by atoms with Crippen molar-refractivity contribution in [2.24, 2.45) is 0 Å². The Morgan fingerprint density at radius 1 is 0.153 bits per heavy atom. The van der Waals surface area contributed by atoms with Gasteiger partial charge in [0.05, 0.1) is 22.8 Å². The minimum atomic E-state index is 0.738. The maximum Gasteiger partial charge on any atom is 0.116 e. The molecule has 17 rings (SSSR count). The van der Waals surface area contributed by atoms with Gasteiger partial charge in [0.15, 0.2) is 0 Å². The molecule has 16 aromatic rings. The van der Waals surface area contributed by atoms with Gasteiger partial charge < -0.3 is 29.4 Å². The maximum absolute atomic E-state index is 6.00. The number of rotatable bonds is 18. The van der Waals surface area contributed by atoms with Gasteiger partial charge in [0.2, 0.25) is 0 Å². The molecule has 0 N–H and O–H groups in total.